The van der Waals surface area contributed by atoms with E-state index in [1.165, 1.54) is 19.3 Å². The molecule has 0 N–H and O–H groups in total. The van der Waals surface area contributed by atoms with Gasteiger partial charge >= 0.3 is 7.12 Å². The summed E-state index contributed by atoms with van der Waals surface area (Å²) in [4.78, 5) is 0. The highest BCUT2D eigenvalue weighted by Gasteiger charge is 2.47. The number of hydrogen-bond acceptors (Lipinski definition) is 2. The Morgan fingerprint density at radius 1 is 1.08 bits per heavy atom. The van der Waals surface area contributed by atoms with Crippen molar-refractivity contribution in [2.24, 2.45) is 0 Å². The lowest BCUT2D eigenvalue weighted by Gasteiger charge is -2.21. The predicted molar refractivity (Wildman–Crippen MR) is 49.1 cm³/mol. The molecule has 0 radical (unpaired) electrons. The molecule has 2 atom stereocenters. The quantitative estimate of drug-likeness (QED) is 0.516. The zero-order chi connectivity index (χ0) is 8.77. The van der Waals surface area contributed by atoms with Crippen molar-refractivity contribution >= 4 is 7.12 Å². The Bertz CT molecular complexity index is 164. The van der Waals surface area contributed by atoms with Crippen molar-refractivity contribution in [2.45, 2.75) is 57.6 Å². The van der Waals surface area contributed by atoms with Crippen LogP contribution in [0.2, 0.25) is 5.31 Å². The topological polar surface area (TPSA) is 18.5 Å². The normalized spacial score (nSPS) is 35.8. The van der Waals surface area contributed by atoms with Gasteiger partial charge in [-0.2, -0.15) is 0 Å². The van der Waals surface area contributed by atoms with Crippen LogP contribution in [-0.2, 0) is 9.31 Å². The van der Waals surface area contributed by atoms with Crippen molar-refractivity contribution in [2.75, 3.05) is 0 Å². The minimum Gasteiger partial charge on any atom is -0.405 e. The van der Waals surface area contributed by atoms with Gasteiger partial charge in [-0.05, 0) is 24.6 Å². The molecule has 2 nitrogen and oxygen atoms in total. The van der Waals surface area contributed by atoms with Crippen molar-refractivity contribution < 1.29 is 9.31 Å². The maximum absolute atomic E-state index is 5.83. The second-order valence-electron chi connectivity index (χ2n) is 4.98. The van der Waals surface area contributed by atoms with Crippen LogP contribution in [0.1, 0.15) is 40.0 Å². The molecule has 0 aromatic heterocycles. The van der Waals surface area contributed by atoms with E-state index in [0.717, 1.165) is 0 Å². The average molecular weight is 168 g/mol. The smallest absolute Gasteiger partial charge is 0.405 e. The van der Waals surface area contributed by atoms with Crippen LogP contribution in [-0.4, -0.2) is 19.3 Å². The standard InChI is InChI=1S/C9H17BO2/c1-9(2,3)10-11-7-5-4-6-8(7)12-10/h7-8H,4-6H2,1-3H3. The van der Waals surface area contributed by atoms with Gasteiger partial charge in [-0.15, -0.1) is 0 Å². The van der Waals surface area contributed by atoms with Gasteiger partial charge in [0.05, 0.1) is 12.2 Å². The lowest BCUT2D eigenvalue weighted by atomic mass is 9.61. The first-order chi connectivity index (χ1) is 5.57. The van der Waals surface area contributed by atoms with Gasteiger partial charge in [0.2, 0.25) is 0 Å². The molecule has 1 saturated heterocycles. The molecule has 0 aromatic rings. The summed E-state index contributed by atoms with van der Waals surface area (Å²) >= 11 is 0. The number of fused-ring (bicyclic) bond motifs is 1. The highest BCUT2D eigenvalue weighted by atomic mass is 16.7. The van der Waals surface area contributed by atoms with E-state index in [4.69, 9.17) is 9.31 Å². The summed E-state index contributed by atoms with van der Waals surface area (Å²) in [7, 11) is 0.0211. The highest BCUT2D eigenvalue weighted by Crippen LogP contribution is 2.39. The molecule has 0 amide bonds. The third-order valence-corrected chi connectivity index (χ3v) is 2.70. The minimum atomic E-state index is 0.0211. The van der Waals surface area contributed by atoms with Gasteiger partial charge in [0.1, 0.15) is 0 Å². The Hall–Kier alpha value is -0.0151. The highest BCUT2D eigenvalue weighted by molar-refractivity contribution is 6.49. The van der Waals surface area contributed by atoms with Crippen LogP contribution in [0.3, 0.4) is 0 Å². The van der Waals surface area contributed by atoms with Crippen LogP contribution in [0, 0.1) is 0 Å². The lowest BCUT2D eigenvalue weighted by molar-refractivity contribution is 0.187. The third-order valence-electron chi connectivity index (χ3n) is 2.70. The van der Waals surface area contributed by atoms with Crippen molar-refractivity contribution in [3.05, 3.63) is 0 Å². The van der Waals surface area contributed by atoms with Crippen molar-refractivity contribution in [1.29, 1.82) is 0 Å². The Labute approximate surface area is 74.8 Å². The monoisotopic (exact) mass is 168 g/mol. The second-order valence-corrected chi connectivity index (χ2v) is 4.98. The average Bonchev–Trinajstić information content (AvgIpc) is 2.37. The Morgan fingerprint density at radius 3 is 2.00 bits per heavy atom. The third kappa shape index (κ3) is 1.40. The molecular formula is C9H17BO2. The Kier molecular flexibility index (Phi) is 1.96. The van der Waals surface area contributed by atoms with Gasteiger partial charge in [-0.3, -0.25) is 0 Å². The van der Waals surface area contributed by atoms with Crippen LogP contribution < -0.4 is 0 Å². The van der Waals surface area contributed by atoms with Crippen molar-refractivity contribution in [3.63, 3.8) is 0 Å². The van der Waals surface area contributed by atoms with E-state index in [9.17, 15) is 0 Å². The molecule has 3 heteroatoms. The molecule has 2 rings (SSSR count). The summed E-state index contributed by atoms with van der Waals surface area (Å²) in [5.41, 5.74) is 0. The van der Waals surface area contributed by atoms with E-state index < -0.39 is 0 Å². The van der Waals surface area contributed by atoms with E-state index in [0.29, 0.717) is 12.2 Å². The summed E-state index contributed by atoms with van der Waals surface area (Å²) in [5.74, 6) is 0. The van der Waals surface area contributed by atoms with Crippen LogP contribution in [0.5, 0.6) is 0 Å². The van der Waals surface area contributed by atoms with Crippen LogP contribution in [0.15, 0.2) is 0 Å². The maximum atomic E-state index is 5.83. The molecule has 2 unspecified atom stereocenters. The largest absolute Gasteiger partial charge is 0.463 e. The lowest BCUT2D eigenvalue weighted by Crippen LogP contribution is -2.28. The summed E-state index contributed by atoms with van der Waals surface area (Å²) in [6.07, 6.45) is 4.45. The van der Waals surface area contributed by atoms with Crippen molar-refractivity contribution in [1.82, 2.24) is 0 Å². The molecule has 0 bridgehead atoms. The van der Waals surface area contributed by atoms with Crippen LogP contribution >= 0.6 is 0 Å². The fourth-order valence-electron chi connectivity index (χ4n) is 1.96. The SMILES string of the molecule is CC(C)(C)B1OC2CCCC2O1. The molecule has 0 aromatic carbocycles. The molecule has 1 aliphatic heterocycles. The molecule has 1 aliphatic carbocycles. The second kappa shape index (κ2) is 2.74. The van der Waals surface area contributed by atoms with Gasteiger partial charge in [0.25, 0.3) is 0 Å². The first-order valence-electron chi connectivity index (χ1n) is 4.88. The van der Waals surface area contributed by atoms with E-state index >= 15 is 0 Å². The molecular weight excluding hydrogens is 151 g/mol. The summed E-state index contributed by atoms with van der Waals surface area (Å²) < 4.78 is 11.7. The zero-order valence-electron chi connectivity index (χ0n) is 8.17. The summed E-state index contributed by atoms with van der Waals surface area (Å²) in [6, 6.07) is 0. The predicted octanol–water partition coefficient (Wildman–Crippen LogP) is 2.24. The zero-order valence-corrected chi connectivity index (χ0v) is 8.17. The van der Waals surface area contributed by atoms with E-state index in [1.54, 1.807) is 0 Å². The fraction of sp³-hybridized carbons (Fsp3) is 1.00. The first-order valence-corrected chi connectivity index (χ1v) is 4.88. The van der Waals surface area contributed by atoms with E-state index in [2.05, 4.69) is 20.8 Å². The minimum absolute atomic E-state index is 0.0211. The van der Waals surface area contributed by atoms with Gasteiger partial charge in [-0.25, -0.2) is 0 Å². The van der Waals surface area contributed by atoms with Gasteiger partial charge in [0.15, 0.2) is 0 Å². The molecule has 0 spiro atoms. The molecule has 1 heterocycles. The Morgan fingerprint density at radius 2 is 1.58 bits per heavy atom. The fourth-order valence-corrected chi connectivity index (χ4v) is 1.96. The van der Waals surface area contributed by atoms with E-state index in [1.807, 2.05) is 0 Å². The molecule has 2 fully saturated rings. The molecule has 2 aliphatic rings. The van der Waals surface area contributed by atoms with Crippen LogP contribution in [0.25, 0.3) is 0 Å². The number of hydrogen-bond donors (Lipinski definition) is 0. The molecule has 68 valence electrons. The first kappa shape index (κ1) is 8.58. The van der Waals surface area contributed by atoms with Gasteiger partial charge in [-0.1, -0.05) is 20.8 Å². The van der Waals surface area contributed by atoms with Gasteiger partial charge < -0.3 is 9.31 Å². The number of rotatable bonds is 0. The van der Waals surface area contributed by atoms with Crippen LogP contribution in [0.4, 0.5) is 0 Å². The molecule has 12 heavy (non-hydrogen) atoms. The van der Waals surface area contributed by atoms with Crippen molar-refractivity contribution in [3.8, 4) is 0 Å². The van der Waals surface area contributed by atoms with Gasteiger partial charge in [0, 0.05) is 0 Å². The maximum Gasteiger partial charge on any atom is 0.463 e. The molecule has 1 saturated carbocycles. The summed E-state index contributed by atoms with van der Waals surface area (Å²) in [5, 5.41) is 0.129. The van der Waals surface area contributed by atoms with E-state index in [-0.39, 0.29) is 12.4 Å². The Balaban J connectivity index is 1.99. The summed E-state index contributed by atoms with van der Waals surface area (Å²) in [6.45, 7) is 6.50.